The van der Waals surface area contributed by atoms with Crippen LogP contribution in [0.15, 0.2) is 59.0 Å². The molecule has 2 aromatic heterocycles. The number of aromatic nitrogens is 3. The zero-order valence-corrected chi connectivity index (χ0v) is 12.5. The van der Waals surface area contributed by atoms with Crippen molar-refractivity contribution in [1.29, 1.82) is 0 Å². The van der Waals surface area contributed by atoms with Crippen molar-refractivity contribution in [3.05, 3.63) is 53.8 Å². The number of para-hydroxylation sites is 1. The second-order valence-electron chi connectivity index (χ2n) is 4.93. The van der Waals surface area contributed by atoms with Crippen LogP contribution in [0.5, 0.6) is 5.88 Å². The maximum Gasteiger partial charge on any atom is 0.218 e. The lowest BCUT2D eigenvalue weighted by Crippen LogP contribution is -1.81. The first-order chi connectivity index (χ1) is 11.2. The topological polar surface area (TPSA) is 86.5 Å². The van der Waals surface area contributed by atoms with Crippen LogP contribution in [0.3, 0.4) is 0 Å². The van der Waals surface area contributed by atoms with Gasteiger partial charge in [0, 0.05) is 15.8 Å². The molecule has 0 atom stereocenters. The minimum Gasteiger partial charge on any atom is -0.493 e. The minimum absolute atomic E-state index is 0.0654. The van der Waals surface area contributed by atoms with Crippen LogP contribution in [0.1, 0.15) is 0 Å². The van der Waals surface area contributed by atoms with E-state index in [1.54, 1.807) is 18.2 Å². The number of nitrogens with one attached hydrogen (secondary N) is 1. The first-order valence-corrected chi connectivity index (χ1v) is 7.22. The molecule has 0 amide bonds. The maximum absolute atomic E-state index is 10.0. The molecule has 0 aliphatic rings. The molecule has 0 saturated carbocycles. The van der Waals surface area contributed by atoms with Crippen LogP contribution in [0, 0.1) is 0 Å². The number of aromatic hydroxyl groups is 1. The lowest BCUT2D eigenvalue weighted by Gasteiger charge is -1.98. The second-order valence-corrected chi connectivity index (χ2v) is 5.36. The molecular formula is C16H10ClN5O. The van der Waals surface area contributed by atoms with Gasteiger partial charge in [-0.2, -0.15) is 0 Å². The Labute approximate surface area is 135 Å². The summed E-state index contributed by atoms with van der Waals surface area (Å²) in [6.45, 7) is 0. The number of hydrogen-bond acceptors (Lipinski definition) is 5. The molecule has 2 aromatic carbocycles. The number of rotatable bonds is 2. The smallest absolute Gasteiger partial charge is 0.218 e. The highest BCUT2D eigenvalue weighted by Crippen LogP contribution is 2.37. The summed E-state index contributed by atoms with van der Waals surface area (Å²) in [5, 5.41) is 20.5. The second kappa shape index (κ2) is 5.33. The van der Waals surface area contributed by atoms with Gasteiger partial charge in [-0.3, -0.25) is 0 Å². The van der Waals surface area contributed by atoms with E-state index >= 15 is 0 Å². The number of benzene rings is 2. The molecule has 0 aliphatic carbocycles. The molecule has 6 nitrogen and oxygen atoms in total. The number of H-pyrrole nitrogens is 1. The van der Waals surface area contributed by atoms with E-state index in [4.69, 9.17) is 11.6 Å². The number of nitrogens with zero attached hydrogens (tertiary/aromatic N) is 4. The first kappa shape index (κ1) is 13.7. The average molecular weight is 324 g/mol. The van der Waals surface area contributed by atoms with Crippen LogP contribution < -0.4 is 0 Å². The van der Waals surface area contributed by atoms with E-state index in [-0.39, 0.29) is 5.88 Å². The standard InChI is InChI=1S/C16H10ClN5O/c17-9-5-6-10-13(7-9)20-16(23)14(10)21-22-15-11-3-1-2-4-12(11)18-8-19-15/h1-8,20,23H. The Hall–Kier alpha value is -2.99. The van der Waals surface area contributed by atoms with Gasteiger partial charge in [0.15, 0.2) is 11.5 Å². The van der Waals surface area contributed by atoms with Gasteiger partial charge < -0.3 is 10.1 Å². The summed E-state index contributed by atoms with van der Waals surface area (Å²) in [7, 11) is 0. The third kappa shape index (κ3) is 2.39. The number of fused-ring (bicyclic) bond motifs is 2. The fourth-order valence-electron chi connectivity index (χ4n) is 2.41. The van der Waals surface area contributed by atoms with Crippen LogP contribution in [-0.4, -0.2) is 20.1 Å². The molecular weight excluding hydrogens is 314 g/mol. The molecule has 4 aromatic rings. The molecule has 7 heteroatoms. The number of aromatic amines is 1. The predicted octanol–water partition coefficient (Wildman–Crippen LogP) is 4.89. The summed E-state index contributed by atoms with van der Waals surface area (Å²) in [6.07, 6.45) is 1.44. The minimum atomic E-state index is -0.0654. The number of hydrogen-bond donors (Lipinski definition) is 2. The molecule has 0 radical (unpaired) electrons. The number of halogens is 1. The third-order valence-corrected chi connectivity index (χ3v) is 3.72. The Balaban J connectivity index is 1.83. The van der Waals surface area contributed by atoms with E-state index in [2.05, 4.69) is 25.2 Å². The third-order valence-electron chi connectivity index (χ3n) is 3.48. The monoisotopic (exact) mass is 323 g/mol. The van der Waals surface area contributed by atoms with Gasteiger partial charge in [0.05, 0.1) is 11.0 Å². The van der Waals surface area contributed by atoms with E-state index < -0.39 is 0 Å². The lowest BCUT2D eigenvalue weighted by molar-refractivity contribution is 0.459. The van der Waals surface area contributed by atoms with E-state index in [1.807, 2.05) is 24.3 Å². The van der Waals surface area contributed by atoms with Gasteiger partial charge >= 0.3 is 0 Å². The molecule has 0 unspecified atom stereocenters. The number of azo groups is 1. The Morgan fingerprint density at radius 2 is 1.87 bits per heavy atom. The Bertz CT molecular complexity index is 1050. The van der Waals surface area contributed by atoms with E-state index in [9.17, 15) is 5.11 Å². The van der Waals surface area contributed by atoms with Crippen molar-refractivity contribution in [2.75, 3.05) is 0 Å². The summed E-state index contributed by atoms with van der Waals surface area (Å²) in [4.78, 5) is 11.2. The zero-order chi connectivity index (χ0) is 15.8. The van der Waals surface area contributed by atoms with Gasteiger partial charge in [0.1, 0.15) is 6.33 Å². The van der Waals surface area contributed by atoms with Gasteiger partial charge in [-0.15, -0.1) is 10.2 Å². The molecule has 0 saturated heterocycles. The van der Waals surface area contributed by atoms with Gasteiger partial charge in [0.2, 0.25) is 5.88 Å². The van der Waals surface area contributed by atoms with Crippen molar-refractivity contribution in [3.63, 3.8) is 0 Å². The van der Waals surface area contributed by atoms with E-state index in [0.29, 0.717) is 22.0 Å². The first-order valence-electron chi connectivity index (χ1n) is 6.84. The van der Waals surface area contributed by atoms with Crippen molar-refractivity contribution in [2.45, 2.75) is 0 Å². The molecule has 112 valence electrons. The molecule has 23 heavy (non-hydrogen) atoms. The molecule has 2 N–H and O–H groups in total. The molecule has 4 rings (SSSR count). The Morgan fingerprint density at radius 1 is 1.00 bits per heavy atom. The van der Waals surface area contributed by atoms with Crippen molar-refractivity contribution in [2.24, 2.45) is 10.2 Å². The summed E-state index contributed by atoms with van der Waals surface area (Å²) in [5.41, 5.74) is 1.82. The van der Waals surface area contributed by atoms with Crippen molar-refractivity contribution in [3.8, 4) is 5.88 Å². The molecule has 0 aliphatic heterocycles. The van der Waals surface area contributed by atoms with Crippen LogP contribution in [0.25, 0.3) is 21.8 Å². The van der Waals surface area contributed by atoms with E-state index in [1.165, 1.54) is 6.33 Å². The highest BCUT2D eigenvalue weighted by molar-refractivity contribution is 6.31. The summed E-state index contributed by atoms with van der Waals surface area (Å²) in [6, 6.07) is 12.8. The van der Waals surface area contributed by atoms with Gasteiger partial charge in [0.25, 0.3) is 0 Å². The molecule has 0 spiro atoms. The molecule has 0 bridgehead atoms. The normalized spacial score (nSPS) is 11.7. The maximum atomic E-state index is 10.0. The van der Waals surface area contributed by atoms with Crippen molar-refractivity contribution >= 4 is 44.9 Å². The zero-order valence-electron chi connectivity index (χ0n) is 11.7. The van der Waals surface area contributed by atoms with E-state index in [0.717, 1.165) is 16.3 Å². The predicted molar refractivity (Wildman–Crippen MR) is 88.7 cm³/mol. The summed E-state index contributed by atoms with van der Waals surface area (Å²) >= 11 is 5.95. The van der Waals surface area contributed by atoms with Gasteiger partial charge in [-0.1, -0.05) is 23.7 Å². The Kier molecular flexibility index (Phi) is 3.17. The van der Waals surface area contributed by atoms with Crippen LogP contribution in [0.4, 0.5) is 11.5 Å². The van der Waals surface area contributed by atoms with Crippen molar-refractivity contribution in [1.82, 2.24) is 15.0 Å². The molecule has 2 heterocycles. The summed E-state index contributed by atoms with van der Waals surface area (Å²) < 4.78 is 0. The highest BCUT2D eigenvalue weighted by Gasteiger charge is 2.11. The quantitative estimate of drug-likeness (QED) is 0.515. The average Bonchev–Trinajstić information content (AvgIpc) is 2.87. The molecule has 0 fully saturated rings. The summed E-state index contributed by atoms with van der Waals surface area (Å²) in [5.74, 6) is 0.377. The SMILES string of the molecule is Oc1[nH]c2cc(Cl)ccc2c1N=Nc1ncnc2ccccc12. The van der Waals surface area contributed by atoms with Gasteiger partial charge in [-0.25, -0.2) is 9.97 Å². The van der Waals surface area contributed by atoms with Crippen molar-refractivity contribution < 1.29 is 5.11 Å². The van der Waals surface area contributed by atoms with Crippen LogP contribution in [0.2, 0.25) is 5.02 Å². The fraction of sp³-hybridized carbons (Fsp3) is 0. The highest BCUT2D eigenvalue weighted by atomic mass is 35.5. The Morgan fingerprint density at radius 3 is 2.78 bits per heavy atom. The van der Waals surface area contributed by atoms with Crippen LogP contribution in [-0.2, 0) is 0 Å². The van der Waals surface area contributed by atoms with Gasteiger partial charge in [-0.05, 0) is 30.3 Å². The van der Waals surface area contributed by atoms with Crippen LogP contribution >= 0.6 is 11.6 Å². The largest absolute Gasteiger partial charge is 0.493 e. The lowest BCUT2D eigenvalue weighted by atomic mass is 10.2. The fourth-order valence-corrected chi connectivity index (χ4v) is 2.58.